The molecule has 1 aromatic carbocycles. The third kappa shape index (κ3) is 3.80. The van der Waals surface area contributed by atoms with Crippen LogP contribution in [0.2, 0.25) is 0 Å². The van der Waals surface area contributed by atoms with Crippen molar-refractivity contribution < 1.29 is 0 Å². The van der Waals surface area contributed by atoms with Crippen molar-refractivity contribution in [3.05, 3.63) is 46.5 Å². The molecule has 1 nitrogen and oxygen atoms in total. The lowest BCUT2D eigenvalue weighted by Gasteiger charge is -2.19. The highest BCUT2D eigenvalue weighted by atomic mass is 79.9. The second-order valence-corrected chi connectivity index (χ2v) is 4.65. The minimum atomic E-state index is 0.364. The van der Waals surface area contributed by atoms with Crippen LogP contribution < -0.4 is 5.32 Å². The second-order valence-electron chi connectivity index (χ2n) is 3.79. The molecule has 0 amide bonds. The Hall–Kier alpha value is -0.600. The van der Waals surface area contributed by atoms with Gasteiger partial charge in [0.05, 0.1) is 0 Å². The third-order valence-corrected chi connectivity index (χ3v) is 3.01. The van der Waals surface area contributed by atoms with Crippen LogP contribution >= 0.6 is 15.9 Å². The summed E-state index contributed by atoms with van der Waals surface area (Å²) in [6, 6.07) is 8.71. The molecule has 0 aromatic heterocycles. The molecular weight excluding hydrogens is 250 g/mol. The molecule has 1 rings (SSSR count). The van der Waals surface area contributed by atoms with Gasteiger partial charge in [0.1, 0.15) is 0 Å². The van der Waals surface area contributed by atoms with Crippen LogP contribution in [-0.4, -0.2) is 6.54 Å². The molecule has 0 fully saturated rings. The smallest absolute Gasteiger partial charge is 0.0368 e. The molecule has 0 radical (unpaired) electrons. The van der Waals surface area contributed by atoms with Gasteiger partial charge in [-0.25, -0.2) is 0 Å². The van der Waals surface area contributed by atoms with E-state index in [-0.39, 0.29) is 0 Å². The highest BCUT2D eigenvalue weighted by molar-refractivity contribution is 9.10. The van der Waals surface area contributed by atoms with Gasteiger partial charge in [0, 0.05) is 10.5 Å². The highest BCUT2D eigenvalue weighted by Crippen LogP contribution is 2.27. The van der Waals surface area contributed by atoms with Gasteiger partial charge < -0.3 is 5.32 Å². The Labute approximate surface area is 101 Å². The summed E-state index contributed by atoms with van der Waals surface area (Å²) in [7, 11) is 0. The summed E-state index contributed by atoms with van der Waals surface area (Å²) in [5.41, 5.74) is 2.51. The van der Waals surface area contributed by atoms with Crippen molar-refractivity contribution in [1.82, 2.24) is 5.32 Å². The zero-order valence-electron chi connectivity index (χ0n) is 9.39. The minimum Gasteiger partial charge on any atom is -0.310 e. The molecule has 0 aliphatic carbocycles. The molecule has 2 heteroatoms. The van der Waals surface area contributed by atoms with E-state index in [9.17, 15) is 0 Å². The Balaban J connectivity index is 2.88. The SMILES string of the molecule is C=C(C)CC(NCC)c1ccccc1Br. The zero-order chi connectivity index (χ0) is 11.3. The van der Waals surface area contributed by atoms with E-state index in [2.05, 4.69) is 59.9 Å². The Morgan fingerprint density at radius 1 is 1.47 bits per heavy atom. The maximum atomic E-state index is 3.98. The molecule has 0 spiro atoms. The Morgan fingerprint density at radius 2 is 2.13 bits per heavy atom. The van der Waals surface area contributed by atoms with Crippen molar-refractivity contribution in [2.45, 2.75) is 26.3 Å². The predicted octanol–water partition coefficient (Wildman–Crippen LogP) is 4.07. The molecule has 15 heavy (non-hydrogen) atoms. The standard InChI is InChI=1S/C13H18BrN/c1-4-15-13(9-10(2)3)11-7-5-6-8-12(11)14/h5-8,13,15H,2,4,9H2,1,3H3. The molecule has 0 bridgehead atoms. The van der Waals surface area contributed by atoms with E-state index in [1.165, 1.54) is 11.1 Å². The Morgan fingerprint density at radius 3 is 2.67 bits per heavy atom. The van der Waals surface area contributed by atoms with Crippen LogP contribution in [-0.2, 0) is 0 Å². The molecule has 0 heterocycles. The number of halogens is 1. The van der Waals surface area contributed by atoms with Gasteiger partial charge in [-0.2, -0.15) is 0 Å². The predicted molar refractivity (Wildman–Crippen MR) is 70.0 cm³/mol. The molecule has 0 aliphatic heterocycles. The second kappa shape index (κ2) is 6.09. The van der Waals surface area contributed by atoms with Gasteiger partial charge in [-0.1, -0.05) is 46.6 Å². The molecule has 0 saturated heterocycles. The van der Waals surface area contributed by atoms with Gasteiger partial charge in [-0.05, 0) is 31.5 Å². The molecular formula is C13H18BrN. The summed E-state index contributed by atoms with van der Waals surface area (Å²) < 4.78 is 1.16. The molecule has 1 atom stereocenters. The van der Waals surface area contributed by atoms with E-state index in [0.29, 0.717) is 6.04 Å². The highest BCUT2D eigenvalue weighted by Gasteiger charge is 2.12. The summed E-state index contributed by atoms with van der Waals surface area (Å²) in [5.74, 6) is 0. The Kier molecular flexibility index (Phi) is 5.06. The zero-order valence-corrected chi connectivity index (χ0v) is 11.0. The molecule has 0 aliphatic rings. The molecule has 1 aromatic rings. The normalized spacial score (nSPS) is 12.5. The van der Waals surface area contributed by atoms with Crippen LogP contribution in [0, 0.1) is 0 Å². The maximum absolute atomic E-state index is 3.98. The van der Waals surface area contributed by atoms with Crippen LogP contribution in [0.3, 0.4) is 0 Å². The van der Waals surface area contributed by atoms with Crippen molar-refractivity contribution >= 4 is 15.9 Å². The lowest BCUT2D eigenvalue weighted by atomic mass is 10.0. The monoisotopic (exact) mass is 267 g/mol. The minimum absolute atomic E-state index is 0.364. The lowest BCUT2D eigenvalue weighted by Crippen LogP contribution is -2.21. The van der Waals surface area contributed by atoms with Crippen molar-refractivity contribution in [2.75, 3.05) is 6.54 Å². The summed E-state index contributed by atoms with van der Waals surface area (Å²) in [6.45, 7) is 9.15. The van der Waals surface area contributed by atoms with Gasteiger partial charge in [0.25, 0.3) is 0 Å². The summed E-state index contributed by atoms with van der Waals surface area (Å²) >= 11 is 3.59. The van der Waals surface area contributed by atoms with Crippen LogP contribution in [0.1, 0.15) is 31.9 Å². The first-order chi connectivity index (χ1) is 7.15. The number of rotatable bonds is 5. The van der Waals surface area contributed by atoms with Crippen molar-refractivity contribution in [3.63, 3.8) is 0 Å². The Bertz CT molecular complexity index is 333. The number of hydrogen-bond donors (Lipinski definition) is 1. The maximum Gasteiger partial charge on any atom is 0.0368 e. The fourth-order valence-corrected chi connectivity index (χ4v) is 2.21. The van der Waals surface area contributed by atoms with Crippen LogP contribution in [0.5, 0.6) is 0 Å². The van der Waals surface area contributed by atoms with Gasteiger partial charge in [-0.15, -0.1) is 6.58 Å². The molecule has 1 N–H and O–H groups in total. The first-order valence-corrected chi connectivity index (χ1v) is 6.06. The topological polar surface area (TPSA) is 12.0 Å². The van der Waals surface area contributed by atoms with E-state index < -0.39 is 0 Å². The van der Waals surface area contributed by atoms with Gasteiger partial charge in [-0.3, -0.25) is 0 Å². The molecule has 0 saturated carbocycles. The summed E-state index contributed by atoms with van der Waals surface area (Å²) in [6.07, 6.45) is 0.983. The van der Waals surface area contributed by atoms with Gasteiger partial charge >= 0.3 is 0 Å². The van der Waals surface area contributed by atoms with E-state index in [4.69, 9.17) is 0 Å². The number of benzene rings is 1. The fourth-order valence-electron chi connectivity index (χ4n) is 1.64. The summed E-state index contributed by atoms with van der Waals surface area (Å²) in [4.78, 5) is 0. The van der Waals surface area contributed by atoms with E-state index in [1.807, 2.05) is 6.07 Å². The first kappa shape index (κ1) is 12.5. The van der Waals surface area contributed by atoms with Crippen molar-refractivity contribution in [1.29, 1.82) is 0 Å². The largest absolute Gasteiger partial charge is 0.310 e. The van der Waals surface area contributed by atoms with Crippen LogP contribution in [0.4, 0.5) is 0 Å². The van der Waals surface area contributed by atoms with Crippen molar-refractivity contribution in [3.8, 4) is 0 Å². The number of nitrogens with one attached hydrogen (secondary N) is 1. The van der Waals surface area contributed by atoms with E-state index in [1.54, 1.807) is 0 Å². The first-order valence-electron chi connectivity index (χ1n) is 5.27. The molecule has 82 valence electrons. The third-order valence-electron chi connectivity index (χ3n) is 2.28. The van der Waals surface area contributed by atoms with Crippen LogP contribution in [0.25, 0.3) is 0 Å². The van der Waals surface area contributed by atoms with E-state index >= 15 is 0 Å². The average Bonchev–Trinajstić information content (AvgIpc) is 2.17. The van der Waals surface area contributed by atoms with Crippen LogP contribution in [0.15, 0.2) is 40.9 Å². The lowest BCUT2D eigenvalue weighted by molar-refractivity contribution is 0.546. The molecule has 1 unspecified atom stereocenters. The van der Waals surface area contributed by atoms with Gasteiger partial charge in [0.2, 0.25) is 0 Å². The van der Waals surface area contributed by atoms with Gasteiger partial charge in [0.15, 0.2) is 0 Å². The summed E-state index contributed by atoms with van der Waals surface area (Å²) in [5, 5.41) is 3.48. The average molecular weight is 268 g/mol. The van der Waals surface area contributed by atoms with E-state index in [0.717, 1.165) is 17.4 Å². The number of hydrogen-bond acceptors (Lipinski definition) is 1. The van der Waals surface area contributed by atoms with Crippen molar-refractivity contribution in [2.24, 2.45) is 0 Å². The fraction of sp³-hybridized carbons (Fsp3) is 0.385. The quantitative estimate of drug-likeness (QED) is 0.794.